The first-order valence-corrected chi connectivity index (χ1v) is 15.0. The van der Waals surface area contributed by atoms with E-state index in [-0.39, 0.29) is 28.7 Å². The summed E-state index contributed by atoms with van der Waals surface area (Å²) >= 11 is 6.57. The van der Waals surface area contributed by atoms with Gasteiger partial charge in [-0.25, -0.2) is 14.6 Å². The Morgan fingerprint density at radius 3 is 2.36 bits per heavy atom. The molecule has 1 fully saturated rings. The van der Waals surface area contributed by atoms with Crippen LogP contribution in [0.3, 0.4) is 0 Å². The quantitative estimate of drug-likeness (QED) is 0.209. The van der Waals surface area contributed by atoms with Gasteiger partial charge in [-0.05, 0) is 65.7 Å². The Labute approximate surface area is 263 Å². The molecule has 11 nitrogen and oxygen atoms in total. The zero-order valence-electron chi connectivity index (χ0n) is 26.6. The highest BCUT2D eigenvalue weighted by Gasteiger charge is 2.36. The maximum atomic E-state index is 12.8. The number of H-pyrrole nitrogens is 1. The number of nitrogens with one attached hydrogen (secondary N) is 3. The molecule has 3 aromatic rings. The Balaban J connectivity index is 1.62. The van der Waals surface area contributed by atoms with E-state index in [0.29, 0.717) is 25.1 Å². The number of benzene rings is 1. The van der Waals surface area contributed by atoms with Crippen molar-refractivity contribution in [2.45, 2.75) is 79.1 Å². The highest BCUT2D eigenvalue weighted by molar-refractivity contribution is 6.65. The summed E-state index contributed by atoms with van der Waals surface area (Å²) in [6, 6.07) is 9.00. The van der Waals surface area contributed by atoms with Gasteiger partial charge in [0.25, 0.3) is 0 Å². The van der Waals surface area contributed by atoms with Crippen molar-refractivity contribution >= 4 is 53.1 Å². The van der Waals surface area contributed by atoms with Crippen LogP contribution in [0, 0.1) is 5.41 Å². The van der Waals surface area contributed by atoms with E-state index < -0.39 is 36.5 Å². The Morgan fingerprint density at radius 1 is 1.07 bits per heavy atom. The molecular formula is C31H42BClN4O7. The lowest BCUT2D eigenvalue weighted by Gasteiger charge is -2.33. The molecule has 0 aliphatic carbocycles. The van der Waals surface area contributed by atoms with Gasteiger partial charge in [-0.15, -0.1) is 0 Å². The summed E-state index contributed by atoms with van der Waals surface area (Å²) in [5.41, 5.74) is 0.818. The van der Waals surface area contributed by atoms with Crippen molar-refractivity contribution in [3.8, 4) is 5.75 Å². The van der Waals surface area contributed by atoms with Crippen molar-refractivity contribution in [2.24, 2.45) is 5.41 Å². The van der Waals surface area contributed by atoms with Gasteiger partial charge in [-0.1, -0.05) is 43.6 Å². The molecule has 238 valence electrons. The Bertz CT molecular complexity index is 1470. The molecule has 3 heterocycles. The summed E-state index contributed by atoms with van der Waals surface area (Å²) in [7, 11) is -0.775. The minimum atomic E-state index is -0.775. The van der Waals surface area contributed by atoms with Gasteiger partial charge in [-0.2, -0.15) is 0 Å². The first-order valence-electron chi connectivity index (χ1n) is 14.6. The van der Waals surface area contributed by atoms with Crippen LogP contribution in [0.2, 0.25) is 5.15 Å². The normalized spacial score (nSPS) is 15.9. The Morgan fingerprint density at radius 2 is 1.70 bits per heavy atom. The first-order chi connectivity index (χ1) is 20.5. The number of aromatic nitrogens is 2. The van der Waals surface area contributed by atoms with Gasteiger partial charge in [0.2, 0.25) is 0 Å². The second-order valence-electron chi connectivity index (χ2n) is 13.7. The molecule has 1 atom stereocenters. The Hall–Kier alpha value is -3.48. The molecule has 1 aromatic carbocycles. The molecule has 13 heteroatoms. The lowest BCUT2D eigenvalue weighted by atomic mass is 9.76. The summed E-state index contributed by atoms with van der Waals surface area (Å²) < 4.78 is 29.1. The van der Waals surface area contributed by atoms with Crippen molar-refractivity contribution in [3.05, 3.63) is 47.2 Å². The number of aromatic amines is 1. The molecule has 44 heavy (non-hydrogen) atoms. The molecule has 2 aromatic heterocycles. The van der Waals surface area contributed by atoms with Crippen LogP contribution in [0.15, 0.2) is 36.5 Å². The summed E-state index contributed by atoms with van der Waals surface area (Å²) in [5, 5.41) is 6.67. The fourth-order valence-electron chi connectivity index (χ4n) is 4.51. The maximum Gasteiger partial charge on any atom is 0.497 e. The molecule has 0 saturated carbocycles. The standard InChI is InChI=1S/C31H42BClN4O7/c1-29(2,3)43-27(38)35-20(13-19-15-34-23-12-10-9-11-21(19)23)16-40-24-14-22(32-41-17-31(7,8)18-42-32)25(33)36-26(24)37-28(39)44-30(4,5)6/h9-12,14-15,20,34H,13,16-18H2,1-8H3,(H,35,38)(H,36,37,39)/t20-/m0/s1. The molecule has 1 saturated heterocycles. The fourth-order valence-corrected chi connectivity index (χ4v) is 4.73. The van der Waals surface area contributed by atoms with Crippen molar-refractivity contribution < 1.29 is 33.1 Å². The van der Waals surface area contributed by atoms with Crippen molar-refractivity contribution in [1.82, 2.24) is 15.3 Å². The number of carbonyl (C=O) groups is 2. The maximum absolute atomic E-state index is 12.8. The molecule has 0 radical (unpaired) electrons. The minimum Gasteiger partial charge on any atom is -0.488 e. The second-order valence-corrected chi connectivity index (χ2v) is 14.0. The third-order valence-electron chi connectivity index (χ3n) is 6.39. The lowest BCUT2D eigenvalue weighted by Crippen LogP contribution is -2.48. The van der Waals surface area contributed by atoms with E-state index in [1.807, 2.05) is 44.3 Å². The smallest absolute Gasteiger partial charge is 0.488 e. The SMILES string of the molecule is CC1(C)COB(c2cc(OC[C@H](Cc3c[nH]c4ccccc34)NC(=O)OC(C)(C)C)c(NC(=O)OC(C)(C)C)nc2Cl)OC1. The largest absolute Gasteiger partial charge is 0.497 e. The van der Waals surface area contributed by atoms with E-state index in [9.17, 15) is 9.59 Å². The van der Waals surface area contributed by atoms with Crippen LogP contribution < -0.4 is 20.8 Å². The first kappa shape index (κ1) is 33.4. The van der Waals surface area contributed by atoms with Gasteiger partial charge in [0.15, 0.2) is 11.6 Å². The molecule has 0 spiro atoms. The summed E-state index contributed by atoms with van der Waals surface area (Å²) in [5.74, 6) is 0.245. The number of halogens is 1. The topological polar surface area (TPSA) is 133 Å². The molecule has 1 aliphatic rings. The number of carbonyl (C=O) groups excluding carboxylic acids is 2. The van der Waals surface area contributed by atoms with Crippen LogP contribution in [0.25, 0.3) is 10.9 Å². The molecule has 2 amide bonds. The summed E-state index contributed by atoms with van der Waals surface area (Å²) in [4.78, 5) is 33.2. The summed E-state index contributed by atoms with van der Waals surface area (Å²) in [6.45, 7) is 15.6. The highest BCUT2D eigenvalue weighted by atomic mass is 35.5. The number of alkyl carbamates (subject to hydrolysis) is 1. The van der Waals surface area contributed by atoms with Crippen molar-refractivity contribution in [3.63, 3.8) is 0 Å². The van der Waals surface area contributed by atoms with E-state index in [0.717, 1.165) is 16.5 Å². The number of hydrogen-bond donors (Lipinski definition) is 3. The number of rotatable bonds is 8. The van der Waals surface area contributed by atoms with E-state index in [2.05, 4.69) is 20.6 Å². The van der Waals surface area contributed by atoms with Crippen LogP contribution in [0.5, 0.6) is 5.75 Å². The number of hydrogen-bond acceptors (Lipinski definition) is 8. The third-order valence-corrected chi connectivity index (χ3v) is 6.70. The number of amides is 2. The van der Waals surface area contributed by atoms with E-state index in [4.69, 9.17) is 35.1 Å². The number of nitrogens with zero attached hydrogens (tertiary/aromatic N) is 1. The molecule has 1 aliphatic heterocycles. The molecular weight excluding hydrogens is 587 g/mol. The van der Waals surface area contributed by atoms with Gasteiger partial charge in [-0.3, -0.25) is 5.32 Å². The fraction of sp³-hybridized carbons (Fsp3) is 0.516. The van der Waals surface area contributed by atoms with Crippen LogP contribution in [-0.4, -0.2) is 66.3 Å². The Kier molecular flexibility index (Phi) is 10.1. The van der Waals surface area contributed by atoms with Crippen LogP contribution in [0.1, 0.15) is 61.0 Å². The van der Waals surface area contributed by atoms with Crippen LogP contribution in [-0.2, 0) is 25.2 Å². The molecule has 0 unspecified atom stereocenters. The molecule has 4 rings (SSSR count). The van der Waals surface area contributed by atoms with Gasteiger partial charge < -0.3 is 33.8 Å². The van der Waals surface area contributed by atoms with Gasteiger partial charge in [0.1, 0.15) is 23.0 Å². The summed E-state index contributed by atoms with van der Waals surface area (Å²) in [6.07, 6.45) is 1.02. The zero-order chi connectivity index (χ0) is 32.3. The van der Waals surface area contributed by atoms with Crippen LogP contribution in [0.4, 0.5) is 15.4 Å². The number of anilines is 1. The monoisotopic (exact) mass is 628 g/mol. The van der Waals surface area contributed by atoms with E-state index in [1.165, 1.54) is 0 Å². The van der Waals surface area contributed by atoms with Gasteiger partial charge >= 0.3 is 19.3 Å². The predicted octanol–water partition coefficient (Wildman–Crippen LogP) is 5.85. The molecule has 0 bridgehead atoms. The van der Waals surface area contributed by atoms with Gasteiger partial charge in [0.05, 0.1) is 6.04 Å². The van der Waals surface area contributed by atoms with E-state index >= 15 is 0 Å². The average Bonchev–Trinajstić information content (AvgIpc) is 3.29. The highest BCUT2D eigenvalue weighted by Crippen LogP contribution is 2.28. The molecule has 3 N–H and O–H groups in total. The number of pyridine rings is 1. The van der Waals surface area contributed by atoms with E-state index in [1.54, 1.807) is 47.6 Å². The minimum absolute atomic E-state index is 0.00388. The van der Waals surface area contributed by atoms with Crippen molar-refractivity contribution in [2.75, 3.05) is 25.1 Å². The number of para-hydroxylation sites is 1. The average molecular weight is 629 g/mol. The predicted molar refractivity (Wildman–Crippen MR) is 171 cm³/mol. The zero-order valence-corrected chi connectivity index (χ0v) is 27.4. The van der Waals surface area contributed by atoms with Crippen molar-refractivity contribution in [1.29, 1.82) is 0 Å². The van der Waals surface area contributed by atoms with Crippen LogP contribution >= 0.6 is 11.6 Å². The lowest BCUT2D eigenvalue weighted by molar-refractivity contribution is 0.0343. The third kappa shape index (κ3) is 9.51. The number of fused-ring (bicyclic) bond motifs is 1. The van der Waals surface area contributed by atoms with Gasteiger partial charge in [0, 0.05) is 41.2 Å². The number of ether oxygens (including phenoxy) is 3. The second kappa shape index (κ2) is 13.3.